The predicted octanol–water partition coefficient (Wildman–Crippen LogP) is -1.01. The zero-order valence-electron chi connectivity index (χ0n) is 8.40. The molecule has 0 aromatic rings. The highest BCUT2D eigenvalue weighted by Crippen LogP contribution is 2.11. The molecule has 0 unspecified atom stereocenters. The molecule has 0 aromatic carbocycles. The fraction of sp³-hybridized carbons (Fsp3) is 0.889. The van der Waals surface area contributed by atoms with Crippen LogP contribution in [0.5, 0.6) is 0 Å². The van der Waals surface area contributed by atoms with E-state index in [-0.39, 0.29) is 18.1 Å². The van der Waals surface area contributed by atoms with Gasteiger partial charge in [-0.1, -0.05) is 0 Å². The largest absolute Gasteiger partial charge is 0.384 e. The molecule has 0 radical (unpaired) electrons. The van der Waals surface area contributed by atoms with Gasteiger partial charge in [-0.15, -0.1) is 0 Å². The zero-order valence-corrected chi connectivity index (χ0v) is 8.40. The van der Waals surface area contributed by atoms with Crippen LogP contribution in [-0.4, -0.2) is 42.4 Å². The fourth-order valence-corrected chi connectivity index (χ4v) is 1.35. The summed E-state index contributed by atoms with van der Waals surface area (Å²) >= 11 is 0. The van der Waals surface area contributed by atoms with E-state index >= 15 is 0 Å². The quantitative estimate of drug-likeness (QED) is 0.547. The number of hydrogen-bond donors (Lipinski definition) is 3. The van der Waals surface area contributed by atoms with Gasteiger partial charge in [0.25, 0.3) is 0 Å². The molecule has 1 rings (SSSR count). The summed E-state index contributed by atoms with van der Waals surface area (Å²) in [5, 5.41) is 11.5. The maximum absolute atomic E-state index is 11.0. The molecule has 1 aliphatic rings. The van der Waals surface area contributed by atoms with Crippen LogP contribution in [0.2, 0.25) is 0 Å². The molecule has 5 nitrogen and oxygen atoms in total. The standard InChI is InChI=1S/C9H18N2O3/c1-6(12)9(13)11-4-8-3-2-7(10)5-14-8/h6-8,12H,2-5,10H2,1H3,(H,11,13)/t6-,7-,8+/m1/s1. The van der Waals surface area contributed by atoms with Crippen LogP contribution in [0.1, 0.15) is 19.8 Å². The molecule has 1 fully saturated rings. The van der Waals surface area contributed by atoms with E-state index in [1.807, 2.05) is 0 Å². The Labute approximate surface area is 83.6 Å². The maximum Gasteiger partial charge on any atom is 0.248 e. The third kappa shape index (κ3) is 3.61. The average molecular weight is 202 g/mol. The topological polar surface area (TPSA) is 84.6 Å². The van der Waals surface area contributed by atoms with Gasteiger partial charge in [-0.3, -0.25) is 4.79 Å². The highest BCUT2D eigenvalue weighted by atomic mass is 16.5. The smallest absolute Gasteiger partial charge is 0.248 e. The monoisotopic (exact) mass is 202 g/mol. The molecule has 82 valence electrons. The molecule has 14 heavy (non-hydrogen) atoms. The Morgan fingerprint density at radius 2 is 2.43 bits per heavy atom. The van der Waals surface area contributed by atoms with E-state index in [1.165, 1.54) is 6.92 Å². The summed E-state index contributed by atoms with van der Waals surface area (Å²) in [7, 11) is 0. The zero-order chi connectivity index (χ0) is 10.6. The number of nitrogens with one attached hydrogen (secondary N) is 1. The number of ether oxygens (including phenoxy) is 1. The molecule has 1 aliphatic heterocycles. The number of rotatable bonds is 3. The second-order valence-corrected chi connectivity index (χ2v) is 3.71. The minimum Gasteiger partial charge on any atom is -0.384 e. The Bertz CT molecular complexity index is 188. The first-order chi connectivity index (χ1) is 6.59. The third-order valence-corrected chi connectivity index (χ3v) is 2.29. The van der Waals surface area contributed by atoms with E-state index in [0.717, 1.165) is 12.8 Å². The minimum absolute atomic E-state index is 0.0394. The Morgan fingerprint density at radius 3 is 2.93 bits per heavy atom. The number of aliphatic hydroxyl groups is 1. The first-order valence-corrected chi connectivity index (χ1v) is 4.92. The van der Waals surface area contributed by atoms with Crippen molar-refractivity contribution in [1.29, 1.82) is 0 Å². The summed E-state index contributed by atoms with van der Waals surface area (Å²) in [6.07, 6.45) is 0.870. The predicted molar refractivity (Wildman–Crippen MR) is 51.6 cm³/mol. The lowest BCUT2D eigenvalue weighted by atomic mass is 10.1. The first-order valence-electron chi connectivity index (χ1n) is 4.92. The van der Waals surface area contributed by atoms with Crippen molar-refractivity contribution in [1.82, 2.24) is 5.32 Å². The molecule has 1 saturated heterocycles. The lowest BCUT2D eigenvalue weighted by Gasteiger charge is -2.27. The molecule has 0 aliphatic carbocycles. The van der Waals surface area contributed by atoms with Crippen molar-refractivity contribution >= 4 is 5.91 Å². The van der Waals surface area contributed by atoms with Crippen LogP contribution in [0, 0.1) is 0 Å². The molecule has 0 bridgehead atoms. The molecule has 3 atom stereocenters. The highest BCUT2D eigenvalue weighted by molar-refractivity contribution is 5.79. The summed E-state index contributed by atoms with van der Waals surface area (Å²) in [6, 6.07) is 0.124. The van der Waals surface area contributed by atoms with Crippen LogP contribution in [-0.2, 0) is 9.53 Å². The van der Waals surface area contributed by atoms with E-state index in [1.54, 1.807) is 0 Å². The van der Waals surface area contributed by atoms with Gasteiger partial charge in [0.15, 0.2) is 0 Å². The first kappa shape index (κ1) is 11.4. The highest BCUT2D eigenvalue weighted by Gasteiger charge is 2.19. The molecule has 0 saturated carbocycles. The summed E-state index contributed by atoms with van der Waals surface area (Å²) in [4.78, 5) is 11.0. The molecule has 0 spiro atoms. The fourth-order valence-electron chi connectivity index (χ4n) is 1.35. The van der Waals surface area contributed by atoms with Crippen molar-refractivity contribution in [2.75, 3.05) is 13.2 Å². The van der Waals surface area contributed by atoms with Crippen LogP contribution < -0.4 is 11.1 Å². The molecular formula is C9H18N2O3. The lowest BCUT2D eigenvalue weighted by Crippen LogP contribution is -2.43. The molecule has 4 N–H and O–H groups in total. The molecular weight excluding hydrogens is 184 g/mol. The number of carbonyl (C=O) groups is 1. The van der Waals surface area contributed by atoms with Gasteiger partial charge in [0, 0.05) is 12.6 Å². The number of nitrogens with two attached hydrogens (primary N) is 1. The van der Waals surface area contributed by atoms with Gasteiger partial charge in [0.1, 0.15) is 6.10 Å². The molecule has 1 heterocycles. The van der Waals surface area contributed by atoms with Gasteiger partial charge < -0.3 is 20.9 Å². The molecule has 0 aromatic heterocycles. The van der Waals surface area contributed by atoms with Crippen LogP contribution in [0.25, 0.3) is 0 Å². The Balaban J connectivity index is 2.16. The SMILES string of the molecule is C[C@@H](O)C(=O)NC[C@@H]1CC[C@@H](N)CO1. The van der Waals surface area contributed by atoms with Crippen LogP contribution >= 0.6 is 0 Å². The maximum atomic E-state index is 11.0. The number of aliphatic hydroxyl groups excluding tert-OH is 1. The van der Waals surface area contributed by atoms with Gasteiger partial charge in [-0.05, 0) is 19.8 Å². The number of carbonyl (C=O) groups excluding carboxylic acids is 1. The summed E-state index contributed by atoms with van der Waals surface area (Å²) in [5.41, 5.74) is 5.65. The second kappa shape index (κ2) is 5.29. The molecule has 5 heteroatoms. The van der Waals surface area contributed by atoms with Crippen molar-refractivity contribution in [3.8, 4) is 0 Å². The van der Waals surface area contributed by atoms with Crippen molar-refractivity contribution in [2.24, 2.45) is 5.73 Å². The Hall–Kier alpha value is -0.650. The van der Waals surface area contributed by atoms with Gasteiger partial charge in [0.2, 0.25) is 5.91 Å². The van der Waals surface area contributed by atoms with Crippen molar-refractivity contribution in [2.45, 2.75) is 38.0 Å². The van der Waals surface area contributed by atoms with E-state index in [9.17, 15) is 4.79 Å². The van der Waals surface area contributed by atoms with Gasteiger partial charge in [-0.2, -0.15) is 0 Å². The van der Waals surface area contributed by atoms with Crippen LogP contribution in [0.15, 0.2) is 0 Å². The van der Waals surface area contributed by atoms with Gasteiger partial charge in [0.05, 0.1) is 12.7 Å². The third-order valence-electron chi connectivity index (χ3n) is 2.29. The minimum atomic E-state index is -0.958. The van der Waals surface area contributed by atoms with Gasteiger partial charge in [-0.25, -0.2) is 0 Å². The second-order valence-electron chi connectivity index (χ2n) is 3.71. The van der Waals surface area contributed by atoms with E-state index in [0.29, 0.717) is 13.2 Å². The normalized spacial score (nSPS) is 29.6. The Kier molecular flexibility index (Phi) is 4.31. The van der Waals surface area contributed by atoms with Crippen molar-refractivity contribution in [3.63, 3.8) is 0 Å². The van der Waals surface area contributed by atoms with Crippen LogP contribution in [0.3, 0.4) is 0 Å². The number of hydrogen-bond acceptors (Lipinski definition) is 4. The summed E-state index contributed by atoms with van der Waals surface area (Å²) in [6.45, 7) is 2.44. The summed E-state index contributed by atoms with van der Waals surface area (Å²) < 4.78 is 5.40. The van der Waals surface area contributed by atoms with E-state index in [4.69, 9.17) is 15.6 Å². The van der Waals surface area contributed by atoms with Gasteiger partial charge >= 0.3 is 0 Å². The van der Waals surface area contributed by atoms with E-state index in [2.05, 4.69) is 5.32 Å². The average Bonchev–Trinajstić information content (AvgIpc) is 2.16. The lowest BCUT2D eigenvalue weighted by molar-refractivity contribution is -0.129. The number of amides is 1. The van der Waals surface area contributed by atoms with Crippen molar-refractivity contribution in [3.05, 3.63) is 0 Å². The van der Waals surface area contributed by atoms with Crippen LogP contribution in [0.4, 0.5) is 0 Å². The van der Waals surface area contributed by atoms with E-state index < -0.39 is 6.10 Å². The Morgan fingerprint density at radius 1 is 1.71 bits per heavy atom. The summed E-state index contributed by atoms with van der Waals surface area (Å²) in [5.74, 6) is -0.358. The molecule has 1 amide bonds. The van der Waals surface area contributed by atoms with Crippen molar-refractivity contribution < 1.29 is 14.6 Å².